The molecule has 0 fully saturated rings. The van der Waals surface area contributed by atoms with Gasteiger partial charge in [-0.25, -0.2) is 4.39 Å². The first-order valence-corrected chi connectivity index (χ1v) is 9.51. The van der Waals surface area contributed by atoms with Crippen LogP contribution in [0.1, 0.15) is 32.0 Å². The maximum Gasteiger partial charge on any atom is 0.269 e. The van der Waals surface area contributed by atoms with E-state index in [4.69, 9.17) is 0 Å². The van der Waals surface area contributed by atoms with E-state index in [0.29, 0.717) is 24.1 Å². The van der Waals surface area contributed by atoms with Gasteiger partial charge in [-0.2, -0.15) is 0 Å². The van der Waals surface area contributed by atoms with Gasteiger partial charge in [0.15, 0.2) is 0 Å². The van der Waals surface area contributed by atoms with Crippen molar-refractivity contribution in [1.82, 2.24) is 10.3 Å². The van der Waals surface area contributed by atoms with Crippen LogP contribution in [0.15, 0.2) is 66.9 Å². The number of fused-ring (bicyclic) bond motifs is 1. The lowest BCUT2D eigenvalue weighted by Crippen LogP contribution is -2.30. The molecule has 1 N–H and O–H groups in total. The Morgan fingerprint density at radius 3 is 2.72 bits per heavy atom. The molecule has 0 atom stereocenters. The van der Waals surface area contributed by atoms with E-state index >= 15 is 0 Å². The van der Waals surface area contributed by atoms with E-state index in [1.165, 1.54) is 18.3 Å². The molecule has 29 heavy (non-hydrogen) atoms. The lowest BCUT2D eigenvalue weighted by atomic mass is 10.1. The lowest BCUT2D eigenvalue weighted by molar-refractivity contribution is 0.0949. The second-order valence-electron chi connectivity index (χ2n) is 6.86. The van der Waals surface area contributed by atoms with Crippen LogP contribution in [0, 0.1) is 5.82 Å². The molecular weight excluding hydrogens is 369 g/mol. The standard InChI is InChI=1S/C23H20FN3O2/c24-19-7-3-1-5-16(19)9-13-26-22(28)20-15-18(10-12-25-20)23(29)27-14-11-17-6-2-4-8-21(17)27/h1-8,10,12,15H,9,11,13-14H2,(H,26,28). The maximum atomic E-state index is 13.7. The summed E-state index contributed by atoms with van der Waals surface area (Å²) >= 11 is 0. The summed E-state index contributed by atoms with van der Waals surface area (Å²) in [5.41, 5.74) is 3.16. The van der Waals surface area contributed by atoms with Crippen molar-refractivity contribution in [2.24, 2.45) is 0 Å². The number of carbonyl (C=O) groups is 2. The van der Waals surface area contributed by atoms with Gasteiger partial charge in [0.2, 0.25) is 0 Å². The van der Waals surface area contributed by atoms with Crippen LogP contribution in [-0.2, 0) is 12.8 Å². The van der Waals surface area contributed by atoms with Gasteiger partial charge in [0.25, 0.3) is 11.8 Å². The summed E-state index contributed by atoms with van der Waals surface area (Å²) in [6.45, 7) is 0.893. The van der Waals surface area contributed by atoms with Crippen LogP contribution in [0.3, 0.4) is 0 Å². The molecule has 146 valence electrons. The highest BCUT2D eigenvalue weighted by atomic mass is 19.1. The molecule has 0 bridgehead atoms. The van der Waals surface area contributed by atoms with E-state index in [-0.39, 0.29) is 24.0 Å². The van der Waals surface area contributed by atoms with Crippen LogP contribution < -0.4 is 10.2 Å². The Labute approximate surface area is 168 Å². The molecule has 5 nitrogen and oxygen atoms in total. The van der Waals surface area contributed by atoms with E-state index in [9.17, 15) is 14.0 Å². The quantitative estimate of drug-likeness (QED) is 0.728. The van der Waals surface area contributed by atoms with Crippen molar-refractivity contribution in [1.29, 1.82) is 0 Å². The first-order valence-electron chi connectivity index (χ1n) is 9.51. The molecule has 0 unspecified atom stereocenters. The van der Waals surface area contributed by atoms with Crippen molar-refractivity contribution in [3.05, 3.63) is 95.1 Å². The molecular formula is C23H20FN3O2. The Kier molecular flexibility index (Phi) is 5.33. The summed E-state index contributed by atoms with van der Waals surface area (Å²) < 4.78 is 13.7. The van der Waals surface area contributed by atoms with Crippen molar-refractivity contribution >= 4 is 17.5 Å². The van der Waals surface area contributed by atoms with E-state index in [1.54, 1.807) is 29.2 Å². The number of aromatic nitrogens is 1. The molecule has 0 spiro atoms. The minimum absolute atomic E-state index is 0.155. The summed E-state index contributed by atoms with van der Waals surface area (Å²) in [7, 11) is 0. The number of pyridine rings is 1. The van der Waals surface area contributed by atoms with Gasteiger partial charge in [0.1, 0.15) is 11.5 Å². The highest BCUT2D eigenvalue weighted by Gasteiger charge is 2.25. The lowest BCUT2D eigenvalue weighted by Gasteiger charge is -2.17. The Morgan fingerprint density at radius 2 is 1.86 bits per heavy atom. The largest absolute Gasteiger partial charge is 0.350 e. The third kappa shape index (κ3) is 4.01. The van der Waals surface area contributed by atoms with Crippen molar-refractivity contribution < 1.29 is 14.0 Å². The van der Waals surface area contributed by atoms with Gasteiger partial charge in [0, 0.05) is 30.5 Å². The Hall–Kier alpha value is -3.54. The highest BCUT2D eigenvalue weighted by molar-refractivity contribution is 6.08. The summed E-state index contributed by atoms with van der Waals surface area (Å²) in [4.78, 5) is 31.2. The number of nitrogens with zero attached hydrogens (tertiary/aromatic N) is 2. The smallest absolute Gasteiger partial charge is 0.269 e. The Balaban J connectivity index is 1.42. The van der Waals surface area contributed by atoms with Crippen LogP contribution in [-0.4, -0.2) is 29.9 Å². The van der Waals surface area contributed by atoms with Gasteiger partial charge in [-0.15, -0.1) is 0 Å². The maximum absolute atomic E-state index is 13.7. The third-order valence-corrected chi connectivity index (χ3v) is 5.01. The number of benzene rings is 2. The molecule has 4 rings (SSSR count). The predicted molar refractivity (Wildman–Crippen MR) is 108 cm³/mol. The average molecular weight is 389 g/mol. The van der Waals surface area contributed by atoms with Gasteiger partial charge < -0.3 is 10.2 Å². The summed E-state index contributed by atoms with van der Waals surface area (Å²) in [6.07, 6.45) is 2.65. The van der Waals surface area contributed by atoms with Gasteiger partial charge in [-0.3, -0.25) is 14.6 Å². The van der Waals surface area contributed by atoms with E-state index in [0.717, 1.165) is 17.7 Å². The molecule has 3 aromatic rings. The monoisotopic (exact) mass is 389 g/mol. The first kappa shape index (κ1) is 18.8. The second kappa shape index (κ2) is 8.22. The predicted octanol–water partition coefficient (Wildman–Crippen LogP) is 3.40. The molecule has 2 heterocycles. The number of nitrogens with one attached hydrogen (secondary N) is 1. The normalized spacial score (nSPS) is 12.5. The molecule has 0 aliphatic carbocycles. The Morgan fingerprint density at radius 1 is 1.07 bits per heavy atom. The minimum atomic E-state index is -0.391. The zero-order chi connectivity index (χ0) is 20.2. The zero-order valence-corrected chi connectivity index (χ0v) is 15.8. The summed E-state index contributed by atoms with van der Waals surface area (Å²) in [6, 6.07) is 17.4. The molecule has 1 aliphatic heterocycles. The minimum Gasteiger partial charge on any atom is -0.350 e. The van der Waals surface area contributed by atoms with Crippen molar-refractivity contribution in [3.63, 3.8) is 0 Å². The molecule has 1 aliphatic rings. The number of anilines is 1. The average Bonchev–Trinajstić information content (AvgIpc) is 3.19. The Bertz CT molecular complexity index is 1070. The number of rotatable bonds is 5. The topological polar surface area (TPSA) is 62.3 Å². The molecule has 0 radical (unpaired) electrons. The van der Waals surface area contributed by atoms with Crippen LogP contribution in [0.2, 0.25) is 0 Å². The number of halogens is 1. The molecule has 1 aromatic heterocycles. The van der Waals surface area contributed by atoms with Crippen molar-refractivity contribution in [3.8, 4) is 0 Å². The van der Waals surface area contributed by atoms with Crippen LogP contribution in [0.4, 0.5) is 10.1 Å². The van der Waals surface area contributed by atoms with Crippen molar-refractivity contribution in [2.75, 3.05) is 18.0 Å². The number of hydrogen-bond donors (Lipinski definition) is 1. The molecule has 6 heteroatoms. The van der Waals surface area contributed by atoms with Crippen LogP contribution >= 0.6 is 0 Å². The van der Waals surface area contributed by atoms with Crippen LogP contribution in [0.25, 0.3) is 0 Å². The van der Waals surface area contributed by atoms with Gasteiger partial charge in [-0.05, 0) is 48.2 Å². The fourth-order valence-electron chi connectivity index (χ4n) is 3.50. The van der Waals surface area contributed by atoms with Crippen LogP contribution in [0.5, 0.6) is 0 Å². The molecule has 2 amide bonds. The highest BCUT2D eigenvalue weighted by Crippen LogP contribution is 2.28. The number of hydrogen-bond acceptors (Lipinski definition) is 3. The SMILES string of the molecule is O=C(NCCc1ccccc1F)c1cc(C(=O)N2CCc3ccccc32)ccn1. The molecule has 2 aromatic carbocycles. The fraction of sp³-hybridized carbons (Fsp3) is 0.174. The third-order valence-electron chi connectivity index (χ3n) is 5.01. The van der Waals surface area contributed by atoms with Gasteiger partial charge >= 0.3 is 0 Å². The second-order valence-corrected chi connectivity index (χ2v) is 6.86. The summed E-state index contributed by atoms with van der Waals surface area (Å²) in [5.74, 6) is -0.839. The number of para-hydroxylation sites is 1. The van der Waals surface area contributed by atoms with Gasteiger partial charge in [-0.1, -0.05) is 36.4 Å². The van der Waals surface area contributed by atoms with E-state index in [2.05, 4.69) is 10.3 Å². The zero-order valence-electron chi connectivity index (χ0n) is 15.8. The number of amides is 2. The molecule has 0 saturated carbocycles. The fourth-order valence-corrected chi connectivity index (χ4v) is 3.50. The first-order chi connectivity index (χ1) is 14.1. The van der Waals surface area contributed by atoms with Crippen molar-refractivity contribution in [2.45, 2.75) is 12.8 Å². The number of carbonyl (C=O) groups excluding carboxylic acids is 2. The molecule has 0 saturated heterocycles. The van der Waals surface area contributed by atoms with Gasteiger partial charge in [0.05, 0.1) is 0 Å². The van der Waals surface area contributed by atoms with E-state index < -0.39 is 5.91 Å². The van der Waals surface area contributed by atoms with E-state index in [1.807, 2.05) is 24.3 Å². The summed E-state index contributed by atoms with van der Waals surface area (Å²) in [5, 5.41) is 2.73.